The molecule has 192 valence electrons. The first-order chi connectivity index (χ1) is 17.4. The number of aromatic nitrogens is 2. The molecule has 0 amide bonds. The van der Waals surface area contributed by atoms with Gasteiger partial charge in [0.1, 0.15) is 22.9 Å². The van der Waals surface area contributed by atoms with E-state index in [2.05, 4.69) is 27.5 Å². The monoisotopic (exact) mass is 500 g/mol. The minimum absolute atomic E-state index is 0.0472. The molecule has 1 fully saturated rings. The number of anilines is 4. The maximum absolute atomic E-state index is 13.6. The van der Waals surface area contributed by atoms with Crippen LogP contribution in [0.1, 0.15) is 57.4 Å². The van der Waals surface area contributed by atoms with Crippen molar-refractivity contribution in [1.82, 2.24) is 9.97 Å². The van der Waals surface area contributed by atoms with Crippen molar-refractivity contribution in [2.24, 2.45) is 0 Å². The van der Waals surface area contributed by atoms with Crippen LogP contribution in [0.5, 0.6) is 11.5 Å². The molecule has 0 radical (unpaired) electrons. The van der Waals surface area contributed by atoms with Gasteiger partial charge in [-0.2, -0.15) is 18.2 Å². The van der Waals surface area contributed by atoms with Gasteiger partial charge in [-0.05, 0) is 80.6 Å². The van der Waals surface area contributed by atoms with E-state index in [1.54, 1.807) is 36.4 Å². The van der Waals surface area contributed by atoms with Gasteiger partial charge in [0.15, 0.2) is 0 Å². The van der Waals surface area contributed by atoms with Crippen molar-refractivity contribution in [3.8, 4) is 11.5 Å². The number of nitrogens with zero attached hydrogens (tertiary/aromatic N) is 2. The summed E-state index contributed by atoms with van der Waals surface area (Å²) in [7, 11) is 0. The Kier molecular flexibility index (Phi) is 8.51. The number of halogens is 3. The van der Waals surface area contributed by atoms with Crippen molar-refractivity contribution in [1.29, 1.82) is 0 Å². The number of hydrogen-bond donors (Lipinski definition) is 2. The fourth-order valence-corrected chi connectivity index (χ4v) is 3.97. The van der Waals surface area contributed by atoms with Gasteiger partial charge >= 0.3 is 6.18 Å². The molecule has 0 atom stereocenters. The number of unbranched alkanes of at least 4 members (excludes halogenated alkanes) is 1. The molecule has 2 N–H and O–H groups in total. The molecule has 1 saturated carbocycles. The molecule has 3 aromatic rings. The van der Waals surface area contributed by atoms with Crippen molar-refractivity contribution in [2.45, 2.75) is 64.1 Å². The van der Waals surface area contributed by atoms with Crippen LogP contribution in [0.15, 0.2) is 54.7 Å². The van der Waals surface area contributed by atoms with E-state index in [0.717, 1.165) is 37.6 Å². The van der Waals surface area contributed by atoms with Crippen molar-refractivity contribution < 1.29 is 22.6 Å². The van der Waals surface area contributed by atoms with E-state index in [0.29, 0.717) is 23.7 Å². The zero-order chi connectivity index (χ0) is 25.4. The van der Waals surface area contributed by atoms with Gasteiger partial charge in [-0.3, -0.25) is 0 Å². The molecule has 1 aromatic heterocycles. The number of ether oxygens (including phenoxy) is 2. The van der Waals surface area contributed by atoms with Crippen LogP contribution < -0.4 is 20.1 Å². The van der Waals surface area contributed by atoms with E-state index in [-0.39, 0.29) is 17.9 Å². The summed E-state index contributed by atoms with van der Waals surface area (Å²) < 4.78 is 52.5. The smallest absolute Gasteiger partial charge is 0.421 e. The van der Waals surface area contributed by atoms with E-state index in [1.165, 1.54) is 19.3 Å². The van der Waals surface area contributed by atoms with E-state index < -0.39 is 11.7 Å². The predicted molar refractivity (Wildman–Crippen MR) is 134 cm³/mol. The van der Waals surface area contributed by atoms with Gasteiger partial charge in [0, 0.05) is 17.6 Å². The van der Waals surface area contributed by atoms with E-state index in [9.17, 15) is 13.2 Å². The summed E-state index contributed by atoms with van der Waals surface area (Å²) in [5, 5.41) is 5.74. The second-order valence-corrected chi connectivity index (χ2v) is 8.83. The maximum atomic E-state index is 13.6. The first-order valence-corrected chi connectivity index (χ1v) is 12.4. The minimum atomic E-state index is -4.61. The predicted octanol–water partition coefficient (Wildman–Crippen LogP) is 7.87. The van der Waals surface area contributed by atoms with Crippen molar-refractivity contribution >= 4 is 23.1 Å². The number of nitrogens with one attached hydrogen (secondary N) is 2. The average molecular weight is 501 g/mol. The summed E-state index contributed by atoms with van der Waals surface area (Å²) >= 11 is 0. The van der Waals surface area contributed by atoms with Gasteiger partial charge in [0.2, 0.25) is 5.95 Å². The number of rotatable bonds is 10. The Bertz CT molecular complexity index is 1100. The first-order valence-electron chi connectivity index (χ1n) is 12.4. The maximum Gasteiger partial charge on any atom is 0.421 e. The summed E-state index contributed by atoms with van der Waals surface area (Å²) in [6, 6.07) is 14.0. The van der Waals surface area contributed by atoms with Crippen LogP contribution in [0.4, 0.5) is 36.3 Å². The number of benzene rings is 2. The largest absolute Gasteiger partial charge is 0.494 e. The SMILES string of the molecule is CCCCOc1ccc(Nc2nc(Nc3ccc(OC4CCCCC4)cc3)ncc2C(F)(F)F)cc1. The highest BCUT2D eigenvalue weighted by Crippen LogP contribution is 2.35. The van der Waals surface area contributed by atoms with Crippen LogP contribution >= 0.6 is 0 Å². The van der Waals surface area contributed by atoms with E-state index in [1.807, 2.05) is 12.1 Å². The highest BCUT2D eigenvalue weighted by atomic mass is 19.4. The Morgan fingerprint density at radius 1 is 0.889 bits per heavy atom. The number of hydrogen-bond acceptors (Lipinski definition) is 6. The summed E-state index contributed by atoms with van der Waals surface area (Å²) in [4.78, 5) is 7.99. The fraction of sp³-hybridized carbons (Fsp3) is 0.407. The van der Waals surface area contributed by atoms with Crippen LogP contribution in [0.3, 0.4) is 0 Å². The Balaban J connectivity index is 1.45. The van der Waals surface area contributed by atoms with Crippen LogP contribution in [0.2, 0.25) is 0 Å². The molecule has 0 saturated heterocycles. The molecule has 4 rings (SSSR count). The van der Waals surface area contributed by atoms with Crippen LogP contribution in [-0.2, 0) is 6.18 Å². The minimum Gasteiger partial charge on any atom is -0.494 e. The Morgan fingerprint density at radius 3 is 2.17 bits per heavy atom. The third kappa shape index (κ3) is 7.26. The molecule has 9 heteroatoms. The lowest BCUT2D eigenvalue weighted by Crippen LogP contribution is -2.19. The lowest BCUT2D eigenvalue weighted by molar-refractivity contribution is -0.137. The molecular formula is C27H31F3N4O2. The summed E-state index contributed by atoms with van der Waals surface area (Å²) in [5.41, 5.74) is 0.148. The molecule has 6 nitrogen and oxygen atoms in total. The zero-order valence-electron chi connectivity index (χ0n) is 20.3. The molecular weight excluding hydrogens is 469 g/mol. The van der Waals surface area contributed by atoms with Crippen molar-refractivity contribution in [2.75, 3.05) is 17.2 Å². The van der Waals surface area contributed by atoms with Crippen LogP contribution in [-0.4, -0.2) is 22.7 Å². The van der Waals surface area contributed by atoms with Crippen molar-refractivity contribution in [3.63, 3.8) is 0 Å². The molecule has 0 spiro atoms. The molecule has 1 aliphatic rings. The Labute approximate surface area is 209 Å². The molecule has 0 aliphatic heterocycles. The quantitative estimate of drug-likeness (QED) is 0.276. The summed E-state index contributed by atoms with van der Waals surface area (Å²) in [6.45, 7) is 2.66. The fourth-order valence-electron chi connectivity index (χ4n) is 3.97. The first kappa shape index (κ1) is 25.6. The highest BCUT2D eigenvalue weighted by molar-refractivity contribution is 5.63. The van der Waals surface area contributed by atoms with E-state index in [4.69, 9.17) is 9.47 Å². The second-order valence-electron chi connectivity index (χ2n) is 8.83. The highest BCUT2D eigenvalue weighted by Gasteiger charge is 2.35. The third-order valence-corrected chi connectivity index (χ3v) is 5.94. The molecule has 0 bridgehead atoms. The van der Waals surface area contributed by atoms with Gasteiger partial charge in [-0.1, -0.05) is 19.8 Å². The third-order valence-electron chi connectivity index (χ3n) is 5.94. The molecule has 1 heterocycles. The average Bonchev–Trinajstić information content (AvgIpc) is 2.87. The summed E-state index contributed by atoms with van der Waals surface area (Å²) in [6.07, 6.45) is 4.10. The topological polar surface area (TPSA) is 68.3 Å². The lowest BCUT2D eigenvalue weighted by atomic mass is 9.98. The van der Waals surface area contributed by atoms with Gasteiger partial charge in [0.25, 0.3) is 0 Å². The molecule has 1 aliphatic carbocycles. The Morgan fingerprint density at radius 2 is 1.53 bits per heavy atom. The lowest BCUT2D eigenvalue weighted by Gasteiger charge is -2.23. The summed E-state index contributed by atoms with van der Waals surface area (Å²) in [5.74, 6) is 1.14. The van der Waals surface area contributed by atoms with Gasteiger partial charge < -0.3 is 20.1 Å². The van der Waals surface area contributed by atoms with Crippen LogP contribution in [0, 0.1) is 0 Å². The zero-order valence-corrected chi connectivity index (χ0v) is 20.3. The van der Waals surface area contributed by atoms with Gasteiger partial charge in [0.05, 0.1) is 12.7 Å². The number of alkyl halides is 3. The Hall–Kier alpha value is -3.49. The normalized spacial score (nSPS) is 14.3. The van der Waals surface area contributed by atoms with Gasteiger partial charge in [-0.25, -0.2) is 4.98 Å². The van der Waals surface area contributed by atoms with Gasteiger partial charge in [-0.15, -0.1) is 0 Å². The standard InChI is InChI=1S/C27H31F3N4O2/c1-2-3-17-35-21-13-9-19(10-14-21)32-25-24(27(28,29)30)18-31-26(34-25)33-20-11-15-23(16-12-20)36-22-7-5-4-6-8-22/h9-16,18,22H,2-8,17H2,1H3,(H2,31,32,33,34). The van der Waals surface area contributed by atoms with Crippen molar-refractivity contribution in [3.05, 3.63) is 60.3 Å². The molecule has 2 aromatic carbocycles. The van der Waals surface area contributed by atoms with E-state index >= 15 is 0 Å². The van der Waals surface area contributed by atoms with Crippen LogP contribution in [0.25, 0.3) is 0 Å². The molecule has 0 unspecified atom stereocenters. The molecule has 36 heavy (non-hydrogen) atoms. The second kappa shape index (κ2) is 12.0.